The van der Waals surface area contributed by atoms with Gasteiger partial charge >= 0.3 is 0 Å². The maximum Gasteiger partial charge on any atom is 0.239 e. The van der Waals surface area contributed by atoms with Gasteiger partial charge in [0.15, 0.2) is 0 Å². The minimum atomic E-state index is -0.945. The van der Waals surface area contributed by atoms with E-state index in [1.807, 2.05) is 0 Å². The van der Waals surface area contributed by atoms with Crippen LogP contribution in [-0.2, 0) is 9.59 Å². The van der Waals surface area contributed by atoms with Crippen LogP contribution in [0.15, 0.2) is 18.2 Å². The van der Waals surface area contributed by atoms with E-state index in [9.17, 15) is 14.7 Å². The van der Waals surface area contributed by atoms with Gasteiger partial charge in [0.1, 0.15) is 11.5 Å². The van der Waals surface area contributed by atoms with Crippen molar-refractivity contribution in [3.8, 4) is 11.5 Å². The van der Waals surface area contributed by atoms with Gasteiger partial charge in [-0.3, -0.25) is 9.59 Å². The molecule has 138 valence electrons. The summed E-state index contributed by atoms with van der Waals surface area (Å²) in [6, 6.07) is 5.09. The van der Waals surface area contributed by atoms with Crippen molar-refractivity contribution >= 4 is 11.8 Å². The largest absolute Gasteiger partial charge is 0.497 e. The Labute approximate surface area is 147 Å². The molecule has 1 atom stereocenters. The van der Waals surface area contributed by atoms with Crippen molar-refractivity contribution in [2.75, 3.05) is 27.3 Å². The molecule has 0 aromatic heterocycles. The number of amides is 2. The number of ether oxygens (including phenoxy) is 2. The van der Waals surface area contributed by atoms with Crippen molar-refractivity contribution in [2.24, 2.45) is 5.92 Å². The standard InChI is InChI=1S/C18H26N2O5/c1-24-13-7-8-16(25-2)14(9-13)15(21)10-19-17(22)11-20-18(23)12-5-3-4-6-12/h7-9,12,15,21H,3-6,10-11H2,1-2H3,(H,19,22)(H,20,23). The Hall–Kier alpha value is -2.28. The van der Waals surface area contributed by atoms with Crippen LogP contribution in [0.3, 0.4) is 0 Å². The van der Waals surface area contributed by atoms with E-state index in [0.717, 1.165) is 25.7 Å². The third-order valence-electron chi connectivity index (χ3n) is 4.44. The summed E-state index contributed by atoms with van der Waals surface area (Å²) in [5, 5.41) is 15.6. The Balaban J connectivity index is 1.81. The molecule has 7 heteroatoms. The molecule has 25 heavy (non-hydrogen) atoms. The molecule has 2 amide bonds. The zero-order chi connectivity index (χ0) is 18.2. The van der Waals surface area contributed by atoms with Gasteiger partial charge in [0.2, 0.25) is 11.8 Å². The quantitative estimate of drug-likeness (QED) is 0.654. The minimum absolute atomic E-state index is 0.0155. The highest BCUT2D eigenvalue weighted by Crippen LogP contribution is 2.29. The fraction of sp³-hybridized carbons (Fsp3) is 0.556. The van der Waals surface area contributed by atoms with Gasteiger partial charge in [-0.2, -0.15) is 0 Å². The molecule has 1 aromatic carbocycles. The second kappa shape index (κ2) is 9.27. The maximum atomic E-state index is 11.9. The molecule has 1 saturated carbocycles. The summed E-state index contributed by atoms with van der Waals surface area (Å²) in [6.45, 7) is -0.0705. The summed E-state index contributed by atoms with van der Waals surface area (Å²) in [7, 11) is 3.04. The fourth-order valence-electron chi connectivity index (χ4n) is 2.98. The summed E-state index contributed by atoms with van der Waals surface area (Å²) < 4.78 is 10.4. The molecule has 1 aliphatic rings. The van der Waals surface area contributed by atoms with Crippen LogP contribution in [0.25, 0.3) is 0 Å². The van der Waals surface area contributed by atoms with Crippen LogP contribution < -0.4 is 20.1 Å². The number of carbonyl (C=O) groups excluding carboxylic acids is 2. The average Bonchev–Trinajstić information content (AvgIpc) is 3.18. The summed E-state index contributed by atoms with van der Waals surface area (Å²) in [5.41, 5.74) is 0.525. The highest BCUT2D eigenvalue weighted by Gasteiger charge is 2.23. The molecule has 1 fully saturated rings. The maximum absolute atomic E-state index is 11.9. The first-order chi connectivity index (χ1) is 12.0. The molecule has 0 saturated heterocycles. The number of rotatable bonds is 8. The predicted octanol–water partition coefficient (Wildman–Crippen LogP) is 1.16. The van der Waals surface area contributed by atoms with E-state index in [0.29, 0.717) is 17.1 Å². The monoisotopic (exact) mass is 350 g/mol. The SMILES string of the molecule is COc1ccc(OC)c(C(O)CNC(=O)CNC(=O)C2CCCC2)c1. The molecular formula is C18H26N2O5. The Bertz CT molecular complexity index is 599. The Kier molecular flexibility index (Phi) is 7.06. The van der Waals surface area contributed by atoms with Crippen molar-refractivity contribution in [1.29, 1.82) is 0 Å². The van der Waals surface area contributed by atoms with Crippen molar-refractivity contribution in [3.63, 3.8) is 0 Å². The molecule has 3 N–H and O–H groups in total. The summed E-state index contributed by atoms with van der Waals surface area (Å²) in [4.78, 5) is 23.8. The van der Waals surface area contributed by atoms with Gasteiger partial charge in [0.25, 0.3) is 0 Å². The van der Waals surface area contributed by atoms with E-state index in [2.05, 4.69) is 10.6 Å². The second-order valence-corrected chi connectivity index (χ2v) is 6.13. The normalized spacial score (nSPS) is 15.5. The lowest BCUT2D eigenvalue weighted by atomic mass is 10.1. The zero-order valence-electron chi connectivity index (χ0n) is 14.7. The lowest BCUT2D eigenvalue weighted by molar-refractivity contribution is -0.128. The molecule has 0 radical (unpaired) electrons. The first-order valence-corrected chi connectivity index (χ1v) is 8.49. The number of benzene rings is 1. The van der Waals surface area contributed by atoms with Gasteiger partial charge in [-0.1, -0.05) is 12.8 Å². The summed E-state index contributed by atoms with van der Waals surface area (Å²) in [5.74, 6) is 0.719. The van der Waals surface area contributed by atoms with Crippen molar-refractivity contribution in [1.82, 2.24) is 10.6 Å². The molecule has 2 rings (SSSR count). The lowest BCUT2D eigenvalue weighted by Gasteiger charge is -2.17. The lowest BCUT2D eigenvalue weighted by Crippen LogP contribution is -2.40. The smallest absolute Gasteiger partial charge is 0.239 e. The molecule has 0 heterocycles. The van der Waals surface area contributed by atoms with Crippen molar-refractivity contribution in [3.05, 3.63) is 23.8 Å². The van der Waals surface area contributed by atoms with E-state index in [-0.39, 0.29) is 30.8 Å². The van der Waals surface area contributed by atoms with Gasteiger partial charge in [-0.05, 0) is 31.0 Å². The molecular weight excluding hydrogens is 324 g/mol. The number of aliphatic hydroxyl groups excluding tert-OH is 1. The van der Waals surface area contributed by atoms with Crippen LogP contribution in [0.1, 0.15) is 37.4 Å². The van der Waals surface area contributed by atoms with E-state index in [1.165, 1.54) is 14.2 Å². The van der Waals surface area contributed by atoms with Crippen LogP contribution in [-0.4, -0.2) is 44.2 Å². The van der Waals surface area contributed by atoms with Crippen molar-refractivity contribution < 1.29 is 24.2 Å². The van der Waals surface area contributed by atoms with E-state index < -0.39 is 6.10 Å². The number of methoxy groups -OCH3 is 2. The first kappa shape index (κ1) is 19.1. The highest BCUT2D eigenvalue weighted by molar-refractivity contribution is 5.85. The van der Waals surface area contributed by atoms with E-state index in [4.69, 9.17) is 9.47 Å². The third-order valence-corrected chi connectivity index (χ3v) is 4.44. The van der Waals surface area contributed by atoms with E-state index >= 15 is 0 Å². The van der Waals surface area contributed by atoms with Crippen LogP contribution >= 0.6 is 0 Å². The Morgan fingerprint density at radius 2 is 1.92 bits per heavy atom. The summed E-state index contributed by atoms with van der Waals surface area (Å²) >= 11 is 0. The first-order valence-electron chi connectivity index (χ1n) is 8.49. The number of hydrogen-bond acceptors (Lipinski definition) is 5. The van der Waals surface area contributed by atoms with Gasteiger partial charge in [-0.15, -0.1) is 0 Å². The Morgan fingerprint density at radius 1 is 1.20 bits per heavy atom. The molecule has 0 spiro atoms. The second-order valence-electron chi connectivity index (χ2n) is 6.13. The van der Waals surface area contributed by atoms with Crippen LogP contribution in [0.4, 0.5) is 0 Å². The predicted molar refractivity (Wildman–Crippen MR) is 92.5 cm³/mol. The number of carbonyl (C=O) groups is 2. The van der Waals surface area contributed by atoms with Gasteiger partial charge < -0.3 is 25.2 Å². The Morgan fingerprint density at radius 3 is 2.56 bits per heavy atom. The third kappa shape index (κ3) is 5.35. The van der Waals surface area contributed by atoms with Gasteiger partial charge in [0, 0.05) is 18.0 Å². The molecule has 7 nitrogen and oxygen atoms in total. The van der Waals surface area contributed by atoms with Crippen LogP contribution in [0, 0.1) is 5.92 Å². The molecule has 0 bridgehead atoms. The molecule has 0 aliphatic heterocycles. The number of hydrogen-bond donors (Lipinski definition) is 3. The number of nitrogens with one attached hydrogen (secondary N) is 2. The molecule has 1 unspecified atom stereocenters. The molecule has 1 aromatic rings. The molecule has 1 aliphatic carbocycles. The topological polar surface area (TPSA) is 96.9 Å². The van der Waals surface area contributed by atoms with Gasteiger partial charge in [0.05, 0.1) is 26.9 Å². The number of aliphatic hydroxyl groups is 1. The van der Waals surface area contributed by atoms with Gasteiger partial charge in [-0.25, -0.2) is 0 Å². The highest BCUT2D eigenvalue weighted by atomic mass is 16.5. The van der Waals surface area contributed by atoms with Crippen LogP contribution in [0.2, 0.25) is 0 Å². The fourth-order valence-corrected chi connectivity index (χ4v) is 2.98. The van der Waals surface area contributed by atoms with Crippen molar-refractivity contribution in [2.45, 2.75) is 31.8 Å². The van der Waals surface area contributed by atoms with Crippen LogP contribution in [0.5, 0.6) is 11.5 Å². The minimum Gasteiger partial charge on any atom is -0.497 e. The average molecular weight is 350 g/mol. The summed E-state index contributed by atoms with van der Waals surface area (Å²) in [6.07, 6.45) is 2.97. The van der Waals surface area contributed by atoms with E-state index in [1.54, 1.807) is 18.2 Å². The zero-order valence-corrected chi connectivity index (χ0v) is 14.7.